The fourth-order valence-corrected chi connectivity index (χ4v) is 1.55. The van der Waals surface area contributed by atoms with Gasteiger partial charge in [0.25, 0.3) is 0 Å². The predicted molar refractivity (Wildman–Crippen MR) is 68.7 cm³/mol. The van der Waals surface area contributed by atoms with Crippen LogP contribution in [0.5, 0.6) is 0 Å². The number of amides is 1. The van der Waals surface area contributed by atoms with E-state index < -0.39 is 5.41 Å². The Labute approximate surface area is 108 Å². The van der Waals surface area contributed by atoms with E-state index in [1.807, 2.05) is 26.0 Å². The Morgan fingerprint density at radius 1 is 1.39 bits per heavy atom. The lowest BCUT2D eigenvalue weighted by Crippen LogP contribution is -2.39. The maximum atomic E-state index is 11.9. The quantitative estimate of drug-likeness (QED) is 0.862. The molecule has 0 bridgehead atoms. The van der Waals surface area contributed by atoms with Crippen molar-refractivity contribution in [1.82, 2.24) is 5.32 Å². The molecule has 0 aromatic heterocycles. The minimum atomic E-state index is -0.540. The molecule has 4 heteroatoms. The molecular weight excluding hydrogens is 228 g/mol. The van der Waals surface area contributed by atoms with Gasteiger partial charge >= 0.3 is 0 Å². The predicted octanol–water partition coefficient (Wildman–Crippen LogP) is 1.85. The van der Waals surface area contributed by atoms with Crippen molar-refractivity contribution < 1.29 is 9.53 Å². The number of benzene rings is 1. The minimum absolute atomic E-state index is 0.0475. The fraction of sp³-hybridized carbons (Fsp3) is 0.429. The lowest BCUT2D eigenvalue weighted by atomic mass is 9.93. The number of nitrogens with zero attached hydrogens (tertiary/aromatic N) is 1. The minimum Gasteiger partial charge on any atom is -0.384 e. The van der Waals surface area contributed by atoms with Gasteiger partial charge in [-0.05, 0) is 31.5 Å². The summed E-state index contributed by atoms with van der Waals surface area (Å²) in [6.45, 7) is 4.51. The van der Waals surface area contributed by atoms with Crippen LogP contribution < -0.4 is 5.32 Å². The van der Waals surface area contributed by atoms with E-state index in [0.717, 1.165) is 5.56 Å². The Kier molecular flexibility index (Phi) is 4.87. The summed E-state index contributed by atoms with van der Waals surface area (Å²) in [6.07, 6.45) is 0. The first-order chi connectivity index (χ1) is 8.49. The highest BCUT2D eigenvalue weighted by molar-refractivity contribution is 5.81. The smallest absolute Gasteiger partial charge is 0.228 e. The number of hydrogen-bond acceptors (Lipinski definition) is 3. The van der Waals surface area contributed by atoms with Crippen LogP contribution in [0.1, 0.15) is 25.0 Å². The van der Waals surface area contributed by atoms with Crippen LogP contribution in [-0.4, -0.2) is 19.6 Å². The number of ether oxygens (including phenoxy) is 1. The third-order valence-electron chi connectivity index (χ3n) is 2.66. The first-order valence-electron chi connectivity index (χ1n) is 5.76. The van der Waals surface area contributed by atoms with Crippen LogP contribution in [0.3, 0.4) is 0 Å². The molecule has 0 spiro atoms. The topological polar surface area (TPSA) is 62.1 Å². The lowest BCUT2D eigenvalue weighted by Gasteiger charge is -2.22. The van der Waals surface area contributed by atoms with E-state index in [2.05, 4.69) is 11.4 Å². The van der Waals surface area contributed by atoms with Gasteiger partial charge in [-0.2, -0.15) is 5.26 Å². The van der Waals surface area contributed by atoms with Gasteiger partial charge in [-0.25, -0.2) is 0 Å². The molecule has 1 aromatic carbocycles. The van der Waals surface area contributed by atoms with Gasteiger partial charge in [-0.3, -0.25) is 4.79 Å². The number of carbonyl (C=O) groups is 1. The average Bonchev–Trinajstić information content (AvgIpc) is 2.36. The SMILES string of the molecule is COCC(C)(C)C(=O)NCc1ccc(C#N)cc1. The Hall–Kier alpha value is -1.86. The van der Waals surface area contributed by atoms with Gasteiger partial charge < -0.3 is 10.1 Å². The van der Waals surface area contributed by atoms with Crippen molar-refractivity contribution in [3.05, 3.63) is 35.4 Å². The molecule has 0 saturated heterocycles. The molecule has 18 heavy (non-hydrogen) atoms. The molecule has 4 nitrogen and oxygen atoms in total. The van der Waals surface area contributed by atoms with E-state index in [1.165, 1.54) is 0 Å². The summed E-state index contributed by atoms with van der Waals surface area (Å²) in [4.78, 5) is 11.9. The fourth-order valence-electron chi connectivity index (χ4n) is 1.55. The summed E-state index contributed by atoms with van der Waals surface area (Å²) in [6, 6.07) is 9.20. The summed E-state index contributed by atoms with van der Waals surface area (Å²) >= 11 is 0. The van der Waals surface area contributed by atoms with Crippen molar-refractivity contribution in [2.75, 3.05) is 13.7 Å². The van der Waals surface area contributed by atoms with E-state index in [4.69, 9.17) is 10.00 Å². The summed E-state index contributed by atoms with van der Waals surface area (Å²) in [5.74, 6) is -0.0475. The maximum absolute atomic E-state index is 11.9. The van der Waals surface area contributed by atoms with E-state index in [0.29, 0.717) is 18.7 Å². The molecule has 96 valence electrons. The molecule has 0 unspecified atom stereocenters. The highest BCUT2D eigenvalue weighted by atomic mass is 16.5. The van der Waals surface area contributed by atoms with Crippen LogP contribution in [0.15, 0.2) is 24.3 Å². The number of nitriles is 1. The number of carbonyl (C=O) groups excluding carboxylic acids is 1. The molecular formula is C14H18N2O2. The molecule has 0 radical (unpaired) electrons. The summed E-state index contributed by atoms with van der Waals surface area (Å²) in [7, 11) is 1.58. The highest BCUT2D eigenvalue weighted by Crippen LogP contribution is 2.15. The molecule has 0 fully saturated rings. The number of nitrogens with one attached hydrogen (secondary N) is 1. The van der Waals surface area contributed by atoms with Gasteiger partial charge in [0.05, 0.1) is 23.7 Å². The molecule has 0 atom stereocenters. The van der Waals surface area contributed by atoms with Crippen LogP contribution in [-0.2, 0) is 16.1 Å². The second-order valence-corrected chi connectivity index (χ2v) is 4.81. The monoisotopic (exact) mass is 246 g/mol. The normalized spacial score (nSPS) is 10.8. The van der Waals surface area contributed by atoms with E-state index in [-0.39, 0.29) is 5.91 Å². The zero-order valence-corrected chi connectivity index (χ0v) is 11.0. The Morgan fingerprint density at radius 3 is 2.50 bits per heavy atom. The van der Waals surface area contributed by atoms with Gasteiger partial charge in [-0.1, -0.05) is 12.1 Å². The second kappa shape index (κ2) is 6.18. The number of methoxy groups -OCH3 is 1. The van der Waals surface area contributed by atoms with Crippen LogP contribution >= 0.6 is 0 Å². The summed E-state index contributed by atoms with van der Waals surface area (Å²) in [5, 5.41) is 11.5. The van der Waals surface area contributed by atoms with E-state index in [1.54, 1.807) is 19.2 Å². The van der Waals surface area contributed by atoms with E-state index in [9.17, 15) is 4.79 Å². The third kappa shape index (κ3) is 3.86. The standard InChI is InChI=1S/C14H18N2O2/c1-14(2,10-18-3)13(17)16-9-12-6-4-11(8-15)5-7-12/h4-7H,9-10H2,1-3H3,(H,16,17). The number of hydrogen-bond donors (Lipinski definition) is 1. The van der Waals surface area contributed by atoms with Crippen LogP contribution in [0.4, 0.5) is 0 Å². The third-order valence-corrected chi connectivity index (χ3v) is 2.66. The first kappa shape index (κ1) is 14.2. The highest BCUT2D eigenvalue weighted by Gasteiger charge is 2.27. The number of rotatable bonds is 5. The zero-order chi connectivity index (χ0) is 13.6. The molecule has 0 aliphatic rings. The summed E-state index contributed by atoms with van der Waals surface area (Å²) in [5.41, 5.74) is 1.04. The maximum Gasteiger partial charge on any atom is 0.228 e. The zero-order valence-electron chi connectivity index (χ0n) is 11.0. The van der Waals surface area contributed by atoms with E-state index >= 15 is 0 Å². The Bertz CT molecular complexity index is 444. The molecule has 0 saturated carbocycles. The Morgan fingerprint density at radius 2 is 2.00 bits per heavy atom. The molecule has 1 amide bonds. The van der Waals surface area contributed by atoms with Gasteiger partial charge in [0.15, 0.2) is 0 Å². The molecule has 1 N–H and O–H groups in total. The largest absolute Gasteiger partial charge is 0.384 e. The van der Waals surface area contributed by atoms with Crippen LogP contribution in [0.25, 0.3) is 0 Å². The van der Waals surface area contributed by atoms with Crippen molar-refractivity contribution in [2.24, 2.45) is 5.41 Å². The van der Waals surface area contributed by atoms with Crippen molar-refractivity contribution in [3.63, 3.8) is 0 Å². The molecule has 0 heterocycles. The second-order valence-electron chi connectivity index (χ2n) is 4.81. The Balaban J connectivity index is 2.54. The molecule has 1 aromatic rings. The van der Waals surface area contributed by atoms with Gasteiger partial charge in [0, 0.05) is 13.7 Å². The van der Waals surface area contributed by atoms with Crippen molar-refractivity contribution >= 4 is 5.91 Å². The molecule has 0 aliphatic heterocycles. The van der Waals surface area contributed by atoms with Gasteiger partial charge in [0.2, 0.25) is 5.91 Å². The average molecular weight is 246 g/mol. The molecule has 0 aliphatic carbocycles. The molecule has 1 rings (SSSR count). The van der Waals surface area contributed by atoms with Crippen LogP contribution in [0.2, 0.25) is 0 Å². The summed E-state index contributed by atoms with van der Waals surface area (Å²) < 4.78 is 5.01. The van der Waals surface area contributed by atoms with Crippen LogP contribution in [0, 0.1) is 16.7 Å². The lowest BCUT2D eigenvalue weighted by molar-refractivity contribution is -0.132. The van der Waals surface area contributed by atoms with Crippen molar-refractivity contribution in [2.45, 2.75) is 20.4 Å². The first-order valence-corrected chi connectivity index (χ1v) is 5.76. The van der Waals surface area contributed by atoms with Crippen molar-refractivity contribution in [1.29, 1.82) is 5.26 Å². The van der Waals surface area contributed by atoms with Gasteiger partial charge in [-0.15, -0.1) is 0 Å². The van der Waals surface area contributed by atoms with Crippen molar-refractivity contribution in [3.8, 4) is 6.07 Å². The van der Waals surface area contributed by atoms with Gasteiger partial charge in [0.1, 0.15) is 0 Å².